The second kappa shape index (κ2) is 15.9. The van der Waals surface area contributed by atoms with Crippen molar-refractivity contribution >= 4 is 35.3 Å². The SMILES string of the molecule is CCOC(=O)COc1ccc(/C=c2\sc3n(c2=O)[C@H](c2ccc(OCC(=O)OC)c(OCC)c2)C(C(=O)OCC)=C(C)N=3)cc1OC. The summed E-state index contributed by atoms with van der Waals surface area (Å²) in [6.45, 7) is 6.92. The molecule has 47 heavy (non-hydrogen) atoms. The van der Waals surface area contributed by atoms with Crippen LogP contribution in [0.3, 0.4) is 0 Å². The van der Waals surface area contributed by atoms with Crippen LogP contribution in [0.2, 0.25) is 0 Å². The van der Waals surface area contributed by atoms with Crippen LogP contribution in [0.1, 0.15) is 44.9 Å². The number of methoxy groups -OCH3 is 2. The normalized spacial score (nSPS) is 14.1. The molecule has 14 heteroatoms. The topological polar surface area (TPSA) is 150 Å². The molecule has 1 aromatic heterocycles. The molecule has 1 atom stereocenters. The van der Waals surface area contributed by atoms with Gasteiger partial charge in [0.1, 0.15) is 0 Å². The highest BCUT2D eigenvalue weighted by atomic mass is 32.1. The molecule has 0 N–H and O–H groups in total. The van der Waals surface area contributed by atoms with Crippen molar-refractivity contribution < 1.29 is 47.5 Å². The number of aromatic nitrogens is 1. The highest BCUT2D eigenvalue weighted by Crippen LogP contribution is 2.36. The molecule has 0 spiro atoms. The van der Waals surface area contributed by atoms with Crippen LogP contribution in [0.5, 0.6) is 23.0 Å². The quantitative estimate of drug-likeness (QED) is 0.184. The Balaban J connectivity index is 1.81. The lowest BCUT2D eigenvalue weighted by Crippen LogP contribution is -2.40. The van der Waals surface area contributed by atoms with Gasteiger partial charge in [0, 0.05) is 0 Å². The van der Waals surface area contributed by atoms with Crippen LogP contribution in [0, 0.1) is 0 Å². The van der Waals surface area contributed by atoms with E-state index in [9.17, 15) is 19.2 Å². The van der Waals surface area contributed by atoms with Gasteiger partial charge >= 0.3 is 17.9 Å². The molecule has 0 fully saturated rings. The van der Waals surface area contributed by atoms with E-state index in [0.717, 1.165) is 11.3 Å². The number of fused-ring (bicyclic) bond motifs is 1. The summed E-state index contributed by atoms with van der Waals surface area (Å²) in [7, 11) is 2.72. The summed E-state index contributed by atoms with van der Waals surface area (Å²) in [5, 5.41) is 0. The molecule has 4 rings (SSSR count). The van der Waals surface area contributed by atoms with Gasteiger partial charge in [-0.15, -0.1) is 0 Å². The van der Waals surface area contributed by atoms with Crippen LogP contribution in [-0.4, -0.2) is 69.7 Å². The summed E-state index contributed by atoms with van der Waals surface area (Å²) in [5.74, 6) is -0.404. The van der Waals surface area contributed by atoms with Crippen LogP contribution in [0.25, 0.3) is 6.08 Å². The fraction of sp³-hybridized carbons (Fsp3) is 0.364. The molecule has 13 nitrogen and oxygen atoms in total. The van der Waals surface area contributed by atoms with Crippen LogP contribution >= 0.6 is 11.3 Å². The number of rotatable bonds is 14. The van der Waals surface area contributed by atoms with Crippen molar-refractivity contribution in [2.24, 2.45) is 4.99 Å². The molecule has 2 heterocycles. The van der Waals surface area contributed by atoms with E-state index in [1.54, 1.807) is 70.2 Å². The third-order valence-electron chi connectivity index (χ3n) is 6.81. The van der Waals surface area contributed by atoms with Crippen LogP contribution in [0.4, 0.5) is 0 Å². The smallest absolute Gasteiger partial charge is 0.344 e. The monoisotopic (exact) mass is 668 g/mol. The number of carbonyl (C=O) groups excluding carboxylic acids is 3. The largest absolute Gasteiger partial charge is 0.493 e. The van der Waals surface area contributed by atoms with Crippen LogP contribution in [0.15, 0.2) is 57.5 Å². The number of esters is 3. The molecule has 0 bridgehead atoms. The molecular weight excluding hydrogens is 632 g/mol. The number of benzene rings is 2. The fourth-order valence-corrected chi connectivity index (χ4v) is 5.82. The van der Waals surface area contributed by atoms with Gasteiger partial charge in [-0.25, -0.2) is 19.4 Å². The average Bonchev–Trinajstić information content (AvgIpc) is 3.36. The summed E-state index contributed by atoms with van der Waals surface area (Å²) >= 11 is 1.16. The fourth-order valence-electron chi connectivity index (χ4n) is 4.77. The van der Waals surface area contributed by atoms with Gasteiger partial charge in [0.05, 0.1) is 55.9 Å². The predicted octanol–water partition coefficient (Wildman–Crippen LogP) is 2.70. The van der Waals surface area contributed by atoms with Crippen molar-refractivity contribution in [2.75, 3.05) is 47.3 Å². The Kier molecular flexibility index (Phi) is 11.8. The Bertz CT molecular complexity index is 1860. The molecule has 0 amide bonds. The summed E-state index contributed by atoms with van der Waals surface area (Å²) in [6.07, 6.45) is 1.68. The van der Waals surface area contributed by atoms with Crippen molar-refractivity contribution in [1.82, 2.24) is 4.57 Å². The lowest BCUT2D eigenvalue weighted by Gasteiger charge is -2.25. The summed E-state index contributed by atoms with van der Waals surface area (Å²) in [6, 6.07) is 9.07. The maximum atomic E-state index is 14.1. The van der Waals surface area contributed by atoms with Gasteiger partial charge in [-0.2, -0.15) is 0 Å². The number of ether oxygens (including phenoxy) is 7. The lowest BCUT2D eigenvalue weighted by molar-refractivity contribution is -0.145. The molecule has 1 aliphatic heterocycles. The zero-order valence-corrected chi connectivity index (χ0v) is 27.8. The van der Waals surface area contributed by atoms with Gasteiger partial charge in [0.2, 0.25) is 0 Å². The Morgan fingerprint density at radius 1 is 0.851 bits per heavy atom. The maximum absolute atomic E-state index is 14.1. The summed E-state index contributed by atoms with van der Waals surface area (Å²) in [4.78, 5) is 55.8. The number of thiazole rings is 1. The molecule has 0 radical (unpaired) electrons. The maximum Gasteiger partial charge on any atom is 0.344 e. The predicted molar refractivity (Wildman–Crippen MR) is 171 cm³/mol. The van der Waals surface area contributed by atoms with Gasteiger partial charge in [-0.3, -0.25) is 9.36 Å². The average molecular weight is 669 g/mol. The Morgan fingerprint density at radius 3 is 2.19 bits per heavy atom. The van der Waals surface area contributed by atoms with E-state index in [1.807, 2.05) is 0 Å². The molecule has 0 aliphatic carbocycles. The van der Waals surface area contributed by atoms with Gasteiger partial charge in [-0.05, 0) is 69.2 Å². The highest BCUT2D eigenvalue weighted by molar-refractivity contribution is 7.07. The van der Waals surface area contributed by atoms with Crippen molar-refractivity contribution in [3.05, 3.63) is 78.5 Å². The number of allylic oxidation sites excluding steroid dienone is 1. The first-order chi connectivity index (χ1) is 22.6. The number of nitrogens with zero attached hydrogens (tertiary/aromatic N) is 2. The van der Waals surface area contributed by atoms with Crippen molar-refractivity contribution in [1.29, 1.82) is 0 Å². The van der Waals surface area contributed by atoms with Crippen molar-refractivity contribution in [2.45, 2.75) is 33.7 Å². The van der Waals surface area contributed by atoms with Crippen LogP contribution in [-0.2, 0) is 28.6 Å². The van der Waals surface area contributed by atoms with Gasteiger partial charge in [-0.1, -0.05) is 23.5 Å². The molecule has 3 aromatic rings. The minimum Gasteiger partial charge on any atom is -0.493 e. The van der Waals surface area contributed by atoms with E-state index in [1.165, 1.54) is 18.8 Å². The first-order valence-corrected chi connectivity index (χ1v) is 15.6. The van der Waals surface area contributed by atoms with E-state index in [-0.39, 0.29) is 44.4 Å². The third kappa shape index (κ3) is 8.01. The molecule has 0 saturated heterocycles. The molecular formula is C33H36N2O11S. The van der Waals surface area contributed by atoms with E-state index < -0.39 is 29.5 Å². The van der Waals surface area contributed by atoms with Gasteiger partial charge < -0.3 is 33.2 Å². The number of carbonyl (C=O) groups is 3. The lowest BCUT2D eigenvalue weighted by atomic mass is 9.95. The van der Waals surface area contributed by atoms with E-state index in [2.05, 4.69) is 9.73 Å². The molecule has 0 saturated carbocycles. The Hall–Kier alpha value is -5.11. The Labute approximate surface area is 274 Å². The second-order valence-electron chi connectivity index (χ2n) is 9.81. The molecule has 250 valence electrons. The zero-order chi connectivity index (χ0) is 34.1. The Morgan fingerprint density at radius 2 is 1.53 bits per heavy atom. The molecule has 1 aliphatic rings. The van der Waals surface area contributed by atoms with Gasteiger partial charge in [0.25, 0.3) is 5.56 Å². The number of hydrogen-bond donors (Lipinski definition) is 0. The minimum absolute atomic E-state index is 0.124. The zero-order valence-electron chi connectivity index (χ0n) is 26.9. The van der Waals surface area contributed by atoms with Crippen molar-refractivity contribution in [3.8, 4) is 23.0 Å². The first-order valence-electron chi connectivity index (χ1n) is 14.8. The molecule has 0 unspecified atom stereocenters. The standard InChI is InChI=1S/C33H36N2O11S/c1-7-42-25-16-21(11-13-23(25)45-17-27(36)41-6)30-29(32(39)44-9-3)19(4)34-33-35(30)31(38)26(47-33)15-20-10-12-22(24(14-20)40-5)46-18-28(37)43-8-2/h10-16,30H,7-9,17-18H2,1-6H3/b26-15-/t30-/m1/s1. The van der Waals surface area contributed by atoms with E-state index in [0.29, 0.717) is 43.4 Å². The van der Waals surface area contributed by atoms with Gasteiger partial charge in [0.15, 0.2) is 41.0 Å². The van der Waals surface area contributed by atoms with E-state index >= 15 is 0 Å². The third-order valence-corrected chi connectivity index (χ3v) is 7.79. The summed E-state index contributed by atoms with van der Waals surface area (Å²) in [5.41, 5.74) is 1.36. The van der Waals surface area contributed by atoms with Crippen molar-refractivity contribution in [3.63, 3.8) is 0 Å². The summed E-state index contributed by atoms with van der Waals surface area (Å²) < 4.78 is 39.2. The second-order valence-corrected chi connectivity index (χ2v) is 10.8. The number of hydrogen-bond acceptors (Lipinski definition) is 13. The minimum atomic E-state index is -0.908. The van der Waals surface area contributed by atoms with Crippen LogP contribution < -0.4 is 33.8 Å². The first kappa shape index (κ1) is 34.8. The molecule has 2 aromatic carbocycles. The highest BCUT2D eigenvalue weighted by Gasteiger charge is 2.34. The van der Waals surface area contributed by atoms with E-state index in [4.69, 9.17) is 28.4 Å².